The largest absolute Gasteiger partial charge is 0.486 e. The Balaban J connectivity index is 1.62. The number of nitrogens with one attached hydrogen (secondary N) is 1. The molecule has 12 heteroatoms. The van der Waals surface area contributed by atoms with E-state index in [2.05, 4.69) is 5.32 Å². The van der Waals surface area contributed by atoms with Crippen LogP contribution in [-0.2, 0) is 21.0 Å². The second-order valence-corrected chi connectivity index (χ2v) is 9.28. The first-order valence-corrected chi connectivity index (χ1v) is 11.6. The molecule has 0 aromatic heterocycles. The van der Waals surface area contributed by atoms with Crippen molar-refractivity contribution < 1.29 is 40.2 Å². The molecule has 35 heavy (non-hydrogen) atoms. The molecule has 1 amide bonds. The van der Waals surface area contributed by atoms with Crippen molar-refractivity contribution in [3.63, 3.8) is 0 Å². The van der Waals surface area contributed by atoms with E-state index >= 15 is 0 Å². The summed E-state index contributed by atoms with van der Waals surface area (Å²) in [6, 6.07) is 12.1. The maximum absolute atomic E-state index is 13.5. The minimum Gasteiger partial charge on any atom is -0.486 e. The van der Waals surface area contributed by atoms with Crippen molar-refractivity contribution in [2.75, 3.05) is 29.4 Å². The molecule has 1 aliphatic heterocycles. The molecular weight excluding hydrogens is 492 g/mol. The molecule has 3 aromatic rings. The molecule has 1 heterocycles. The van der Waals surface area contributed by atoms with Crippen molar-refractivity contribution in [1.29, 1.82) is 0 Å². The molecule has 0 bridgehead atoms. The lowest BCUT2D eigenvalue weighted by Gasteiger charge is -2.25. The van der Waals surface area contributed by atoms with Gasteiger partial charge in [-0.05, 0) is 60.7 Å². The Bertz CT molecular complexity index is 1330. The lowest BCUT2D eigenvalue weighted by atomic mass is 10.2. The highest BCUT2D eigenvalue weighted by molar-refractivity contribution is 7.92. The van der Waals surface area contributed by atoms with Gasteiger partial charge in [-0.25, -0.2) is 12.8 Å². The van der Waals surface area contributed by atoms with Crippen LogP contribution >= 0.6 is 0 Å². The Morgan fingerprint density at radius 1 is 0.914 bits per heavy atom. The number of fused-ring (bicyclic) bond motifs is 1. The van der Waals surface area contributed by atoms with Gasteiger partial charge in [0, 0.05) is 11.8 Å². The summed E-state index contributed by atoms with van der Waals surface area (Å²) in [5.74, 6) is -0.857. The predicted molar refractivity (Wildman–Crippen MR) is 118 cm³/mol. The number of carbonyl (C=O) groups excluding carboxylic acids is 1. The van der Waals surface area contributed by atoms with Gasteiger partial charge in [0.15, 0.2) is 11.5 Å². The molecule has 3 aromatic carbocycles. The zero-order valence-corrected chi connectivity index (χ0v) is 18.7. The van der Waals surface area contributed by atoms with Crippen molar-refractivity contribution in [2.24, 2.45) is 0 Å². The van der Waals surface area contributed by atoms with E-state index in [1.54, 1.807) is 0 Å². The Labute approximate surface area is 197 Å². The molecule has 0 aliphatic carbocycles. The number of sulfonamides is 1. The first-order valence-electron chi connectivity index (χ1n) is 10.2. The number of rotatable bonds is 6. The summed E-state index contributed by atoms with van der Waals surface area (Å²) < 4.78 is 90.3. The van der Waals surface area contributed by atoms with Gasteiger partial charge in [-0.15, -0.1) is 0 Å². The maximum Gasteiger partial charge on any atom is 0.416 e. The van der Waals surface area contributed by atoms with E-state index in [0.717, 1.165) is 40.7 Å². The van der Waals surface area contributed by atoms with Gasteiger partial charge in [0.2, 0.25) is 5.91 Å². The van der Waals surface area contributed by atoms with Crippen molar-refractivity contribution >= 4 is 27.3 Å². The highest BCUT2D eigenvalue weighted by Crippen LogP contribution is 2.34. The topological polar surface area (TPSA) is 84.9 Å². The minimum atomic E-state index is -4.54. The van der Waals surface area contributed by atoms with E-state index in [1.807, 2.05) is 0 Å². The number of anilines is 2. The summed E-state index contributed by atoms with van der Waals surface area (Å²) in [7, 11) is -4.35. The van der Waals surface area contributed by atoms with Crippen molar-refractivity contribution in [2.45, 2.75) is 11.1 Å². The molecule has 0 unspecified atom stereocenters. The van der Waals surface area contributed by atoms with Gasteiger partial charge in [0.05, 0.1) is 16.1 Å². The average molecular weight is 510 g/mol. The fourth-order valence-electron chi connectivity index (χ4n) is 3.31. The van der Waals surface area contributed by atoms with E-state index in [-0.39, 0.29) is 28.6 Å². The van der Waals surface area contributed by atoms with Crippen LogP contribution in [-0.4, -0.2) is 34.1 Å². The van der Waals surface area contributed by atoms with Gasteiger partial charge in [-0.1, -0.05) is 0 Å². The zero-order chi connectivity index (χ0) is 25.2. The van der Waals surface area contributed by atoms with Crippen molar-refractivity contribution in [3.05, 3.63) is 78.1 Å². The van der Waals surface area contributed by atoms with Gasteiger partial charge in [-0.3, -0.25) is 9.10 Å². The predicted octanol–water partition coefficient (Wildman–Crippen LogP) is 4.45. The Morgan fingerprint density at radius 3 is 2.17 bits per heavy atom. The summed E-state index contributed by atoms with van der Waals surface area (Å²) in [4.78, 5) is 12.5. The first kappa shape index (κ1) is 24.3. The summed E-state index contributed by atoms with van der Waals surface area (Å²) in [6.07, 6.45) is -4.54. The van der Waals surface area contributed by atoms with Gasteiger partial charge in [0.1, 0.15) is 25.6 Å². The smallest absolute Gasteiger partial charge is 0.416 e. The number of halogens is 4. The zero-order valence-electron chi connectivity index (χ0n) is 17.9. The van der Waals surface area contributed by atoms with E-state index in [1.165, 1.54) is 30.3 Å². The summed E-state index contributed by atoms with van der Waals surface area (Å²) in [6.45, 7) is -0.192. The maximum atomic E-state index is 13.5. The molecule has 4 rings (SSSR count). The van der Waals surface area contributed by atoms with Crippen LogP contribution in [0.25, 0.3) is 0 Å². The molecule has 184 valence electrons. The van der Waals surface area contributed by atoms with E-state index in [0.29, 0.717) is 12.4 Å². The molecule has 0 saturated carbocycles. The second kappa shape index (κ2) is 9.45. The Kier molecular flexibility index (Phi) is 6.57. The first-order chi connectivity index (χ1) is 16.5. The lowest BCUT2D eigenvalue weighted by molar-refractivity contribution is -0.137. The third kappa shape index (κ3) is 5.48. The van der Waals surface area contributed by atoms with Crippen LogP contribution in [0.3, 0.4) is 0 Å². The highest BCUT2D eigenvalue weighted by Gasteiger charge is 2.31. The molecule has 0 fully saturated rings. The third-order valence-corrected chi connectivity index (χ3v) is 6.77. The number of alkyl halides is 3. The molecule has 1 aliphatic rings. The normalized spacial score (nSPS) is 13.3. The molecule has 7 nitrogen and oxygen atoms in total. The SMILES string of the molecule is O=C(CN(c1ccc(F)cc1)S(=O)(=O)c1ccc2c(c1)OCCO2)Nc1ccc(C(F)(F)F)cc1. The highest BCUT2D eigenvalue weighted by atomic mass is 32.2. The molecular formula is C23H18F4N2O5S. The molecule has 0 spiro atoms. The summed E-state index contributed by atoms with van der Waals surface area (Å²) >= 11 is 0. The van der Waals surface area contributed by atoms with E-state index in [9.17, 15) is 30.8 Å². The van der Waals surface area contributed by atoms with E-state index < -0.39 is 40.0 Å². The van der Waals surface area contributed by atoms with Crippen LogP contribution < -0.4 is 19.1 Å². The van der Waals surface area contributed by atoms with E-state index in [4.69, 9.17) is 9.47 Å². The standard InChI is InChI=1S/C23H18F4N2O5S/c24-16-3-7-18(8-4-16)29(14-22(30)28-17-5-1-15(2-6-17)23(25,26)27)35(31,32)19-9-10-20-21(13-19)34-12-11-33-20/h1-10,13H,11-12,14H2,(H,28,30). The molecule has 0 atom stereocenters. The molecule has 0 radical (unpaired) electrons. The van der Waals surface area contributed by atoms with Crippen LogP contribution in [0.4, 0.5) is 28.9 Å². The number of ether oxygens (including phenoxy) is 2. The summed E-state index contributed by atoms with van der Waals surface area (Å²) in [5.41, 5.74) is -0.854. The van der Waals surface area contributed by atoms with Crippen LogP contribution in [0.1, 0.15) is 5.56 Å². The van der Waals surface area contributed by atoms with Crippen LogP contribution in [0.2, 0.25) is 0 Å². The second-order valence-electron chi connectivity index (χ2n) is 7.42. The fourth-order valence-corrected chi connectivity index (χ4v) is 4.74. The number of hydrogen-bond acceptors (Lipinski definition) is 5. The number of nitrogens with zero attached hydrogens (tertiary/aromatic N) is 1. The quantitative estimate of drug-likeness (QED) is 0.496. The monoisotopic (exact) mass is 510 g/mol. The minimum absolute atomic E-state index is 0.00357. The Hall–Kier alpha value is -3.80. The molecule has 0 saturated heterocycles. The fraction of sp³-hybridized carbons (Fsp3) is 0.174. The number of benzene rings is 3. The third-order valence-electron chi connectivity index (χ3n) is 5.00. The number of hydrogen-bond donors (Lipinski definition) is 1. The summed E-state index contributed by atoms with van der Waals surface area (Å²) in [5, 5.41) is 2.37. The van der Waals surface area contributed by atoms with Crippen LogP contribution in [0.5, 0.6) is 11.5 Å². The van der Waals surface area contributed by atoms with Crippen molar-refractivity contribution in [1.82, 2.24) is 0 Å². The lowest BCUT2D eigenvalue weighted by Crippen LogP contribution is -2.38. The van der Waals surface area contributed by atoms with Crippen LogP contribution in [0, 0.1) is 5.82 Å². The van der Waals surface area contributed by atoms with Crippen molar-refractivity contribution in [3.8, 4) is 11.5 Å². The van der Waals surface area contributed by atoms with Gasteiger partial charge >= 0.3 is 6.18 Å². The van der Waals surface area contributed by atoms with Gasteiger partial charge in [0.25, 0.3) is 10.0 Å². The average Bonchev–Trinajstić information content (AvgIpc) is 2.82. The number of carbonyl (C=O) groups is 1. The number of amides is 1. The van der Waals surface area contributed by atoms with Gasteiger partial charge < -0.3 is 14.8 Å². The Morgan fingerprint density at radius 2 is 1.54 bits per heavy atom. The van der Waals surface area contributed by atoms with Crippen LogP contribution in [0.15, 0.2) is 71.6 Å². The van der Waals surface area contributed by atoms with Gasteiger partial charge in [-0.2, -0.15) is 13.2 Å². The molecule has 1 N–H and O–H groups in total.